The molecule has 2 unspecified atom stereocenters. The van der Waals surface area contributed by atoms with Crippen molar-refractivity contribution in [1.29, 1.82) is 0 Å². The molecule has 3 heterocycles. The zero-order valence-corrected chi connectivity index (χ0v) is 15.3. The Morgan fingerprint density at radius 1 is 1.39 bits per heavy atom. The molecule has 0 bridgehead atoms. The molecular weight excluding hydrogens is 326 g/mol. The van der Waals surface area contributed by atoms with Crippen molar-refractivity contribution in [1.82, 2.24) is 4.90 Å². The summed E-state index contributed by atoms with van der Waals surface area (Å²) in [6, 6.07) is 6.31. The number of aliphatic carboxylic acids is 1. The molecule has 1 fully saturated rings. The van der Waals surface area contributed by atoms with E-state index in [1.54, 1.807) is 11.3 Å². The third kappa shape index (κ3) is 3.52. The third-order valence-electron chi connectivity index (χ3n) is 4.48. The van der Waals surface area contributed by atoms with E-state index in [0.717, 1.165) is 32.2 Å². The number of piperidine rings is 1. The fourth-order valence-electron chi connectivity index (χ4n) is 3.32. The van der Waals surface area contributed by atoms with E-state index in [0.29, 0.717) is 0 Å². The highest BCUT2D eigenvalue weighted by atomic mass is 32.1. The van der Waals surface area contributed by atoms with Crippen molar-refractivity contribution >= 4 is 28.6 Å². The molecule has 124 valence electrons. The van der Waals surface area contributed by atoms with E-state index in [4.69, 9.17) is 0 Å². The van der Waals surface area contributed by atoms with Crippen LogP contribution in [0.15, 0.2) is 23.6 Å². The van der Waals surface area contributed by atoms with Gasteiger partial charge in [-0.25, -0.2) is 0 Å². The average molecular weight is 350 g/mol. The number of carboxylic acid groups (broad SMARTS) is 1. The molecule has 1 saturated heterocycles. The SMILES string of the molecule is CCc1ccc(C(c2cc(C)cs2)N2CCCCC2C(=O)O)s1. The Hall–Kier alpha value is -1.17. The fraction of sp³-hybridized carbons (Fsp3) is 0.500. The van der Waals surface area contributed by atoms with Gasteiger partial charge < -0.3 is 5.11 Å². The normalized spacial score (nSPS) is 20.5. The van der Waals surface area contributed by atoms with Crippen LogP contribution in [0.4, 0.5) is 0 Å². The van der Waals surface area contributed by atoms with E-state index in [1.165, 1.54) is 20.2 Å². The van der Waals surface area contributed by atoms with Crippen LogP contribution in [0.1, 0.15) is 52.4 Å². The number of thiophene rings is 2. The molecule has 3 nitrogen and oxygen atoms in total. The second-order valence-corrected chi connectivity index (χ2v) is 8.32. The molecule has 2 aromatic heterocycles. The molecule has 0 aliphatic carbocycles. The van der Waals surface area contributed by atoms with Gasteiger partial charge in [-0.15, -0.1) is 22.7 Å². The van der Waals surface area contributed by atoms with Crippen molar-refractivity contribution in [2.75, 3.05) is 6.54 Å². The van der Waals surface area contributed by atoms with Crippen molar-refractivity contribution in [3.63, 3.8) is 0 Å². The summed E-state index contributed by atoms with van der Waals surface area (Å²) in [4.78, 5) is 17.9. The maximum Gasteiger partial charge on any atom is 0.320 e. The molecule has 2 aromatic rings. The average Bonchev–Trinajstić information content (AvgIpc) is 3.17. The summed E-state index contributed by atoms with van der Waals surface area (Å²) in [5, 5.41) is 11.8. The fourth-order valence-corrected chi connectivity index (χ4v) is 5.53. The van der Waals surface area contributed by atoms with Crippen molar-refractivity contribution in [2.24, 2.45) is 0 Å². The van der Waals surface area contributed by atoms with Gasteiger partial charge in [0.2, 0.25) is 0 Å². The second kappa shape index (κ2) is 7.16. The van der Waals surface area contributed by atoms with E-state index >= 15 is 0 Å². The number of hydrogen-bond donors (Lipinski definition) is 1. The van der Waals surface area contributed by atoms with Crippen LogP contribution >= 0.6 is 22.7 Å². The molecule has 0 spiro atoms. The van der Waals surface area contributed by atoms with Crippen LogP contribution in [0.3, 0.4) is 0 Å². The van der Waals surface area contributed by atoms with Crippen molar-refractivity contribution < 1.29 is 9.90 Å². The first kappa shape index (κ1) is 16.7. The second-order valence-electron chi connectivity index (χ2n) is 6.17. The predicted molar refractivity (Wildman–Crippen MR) is 96.6 cm³/mol. The van der Waals surface area contributed by atoms with Crippen LogP contribution < -0.4 is 0 Å². The summed E-state index contributed by atoms with van der Waals surface area (Å²) in [5.74, 6) is -0.685. The number of likely N-dealkylation sites (tertiary alicyclic amines) is 1. The lowest BCUT2D eigenvalue weighted by molar-refractivity contribution is -0.145. The molecule has 1 aliphatic rings. The maximum absolute atomic E-state index is 11.8. The summed E-state index contributed by atoms with van der Waals surface area (Å²) in [7, 11) is 0. The van der Waals surface area contributed by atoms with Gasteiger partial charge >= 0.3 is 5.97 Å². The Kier molecular flexibility index (Phi) is 5.19. The Morgan fingerprint density at radius 3 is 2.83 bits per heavy atom. The van der Waals surface area contributed by atoms with Gasteiger partial charge in [-0.05, 0) is 61.9 Å². The number of aryl methyl sites for hydroxylation is 2. The van der Waals surface area contributed by atoms with Crippen LogP contribution in [0.2, 0.25) is 0 Å². The first-order valence-electron chi connectivity index (χ1n) is 8.22. The standard InChI is InChI=1S/C18H23NO2S2/c1-3-13-7-8-15(23-13)17(16-10-12(2)11-22-16)19-9-5-4-6-14(19)18(20)21/h7-8,10-11,14,17H,3-6,9H2,1-2H3,(H,20,21). The zero-order chi connectivity index (χ0) is 16.4. The molecule has 0 amide bonds. The molecule has 1 aliphatic heterocycles. The molecular formula is C18H23NO2S2. The minimum absolute atomic E-state index is 0.0837. The third-order valence-corrected chi connectivity index (χ3v) is 6.87. The molecule has 23 heavy (non-hydrogen) atoms. The van der Waals surface area contributed by atoms with Gasteiger partial charge in [0.15, 0.2) is 0 Å². The largest absolute Gasteiger partial charge is 0.480 e. The smallest absolute Gasteiger partial charge is 0.320 e. The molecule has 3 rings (SSSR count). The highest BCUT2D eigenvalue weighted by molar-refractivity contribution is 7.13. The van der Waals surface area contributed by atoms with Gasteiger partial charge in [-0.3, -0.25) is 9.69 Å². The van der Waals surface area contributed by atoms with E-state index in [2.05, 4.69) is 42.3 Å². The number of carboxylic acids is 1. The quantitative estimate of drug-likeness (QED) is 0.850. The summed E-state index contributed by atoms with van der Waals surface area (Å²) < 4.78 is 0. The highest BCUT2D eigenvalue weighted by Gasteiger charge is 2.36. The van der Waals surface area contributed by atoms with Crippen LogP contribution in [0.25, 0.3) is 0 Å². The number of carbonyl (C=O) groups is 1. The first-order chi connectivity index (χ1) is 11.1. The number of hydrogen-bond acceptors (Lipinski definition) is 4. The molecule has 0 aromatic carbocycles. The predicted octanol–water partition coefficient (Wildman–Crippen LogP) is 4.71. The van der Waals surface area contributed by atoms with Crippen molar-refractivity contribution in [3.8, 4) is 0 Å². The Labute approximate surface area is 145 Å². The lowest BCUT2D eigenvalue weighted by Gasteiger charge is -2.38. The van der Waals surface area contributed by atoms with E-state index in [1.807, 2.05) is 11.3 Å². The lowest BCUT2D eigenvalue weighted by atomic mass is 9.98. The van der Waals surface area contributed by atoms with Gasteiger partial charge in [-0.2, -0.15) is 0 Å². The molecule has 0 saturated carbocycles. The topological polar surface area (TPSA) is 40.5 Å². The summed E-state index contributed by atoms with van der Waals surface area (Å²) in [6.45, 7) is 5.13. The van der Waals surface area contributed by atoms with Gasteiger partial charge in [0.25, 0.3) is 0 Å². The van der Waals surface area contributed by atoms with Gasteiger partial charge in [-0.1, -0.05) is 13.3 Å². The van der Waals surface area contributed by atoms with E-state index < -0.39 is 5.97 Å². The maximum atomic E-state index is 11.8. The zero-order valence-electron chi connectivity index (χ0n) is 13.6. The van der Waals surface area contributed by atoms with Gasteiger partial charge in [0.1, 0.15) is 6.04 Å². The van der Waals surface area contributed by atoms with Crippen LogP contribution in [-0.2, 0) is 11.2 Å². The lowest BCUT2D eigenvalue weighted by Crippen LogP contribution is -2.46. The van der Waals surface area contributed by atoms with E-state index in [-0.39, 0.29) is 12.1 Å². The minimum Gasteiger partial charge on any atom is -0.480 e. The van der Waals surface area contributed by atoms with Crippen molar-refractivity contribution in [2.45, 2.75) is 51.6 Å². The van der Waals surface area contributed by atoms with Crippen molar-refractivity contribution in [3.05, 3.63) is 43.8 Å². The Bertz CT molecular complexity index is 676. The molecule has 2 atom stereocenters. The summed E-state index contributed by atoms with van der Waals surface area (Å²) >= 11 is 3.57. The summed E-state index contributed by atoms with van der Waals surface area (Å²) in [5.41, 5.74) is 1.26. The number of rotatable bonds is 5. The number of nitrogens with zero attached hydrogens (tertiary/aromatic N) is 1. The summed E-state index contributed by atoms with van der Waals surface area (Å²) in [6.07, 6.45) is 3.87. The van der Waals surface area contributed by atoms with Gasteiger partial charge in [0, 0.05) is 14.6 Å². The van der Waals surface area contributed by atoms with Crippen LogP contribution in [0, 0.1) is 6.92 Å². The molecule has 0 radical (unpaired) electrons. The van der Waals surface area contributed by atoms with Crippen LogP contribution in [0.5, 0.6) is 0 Å². The van der Waals surface area contributed by atoms with Gasteiger partial charge in [0.05, 0.1) is 6.04 Å². The monoisotopic (exact) mass is 349 g/mol. The first-order valence-corrected chi connectivity index (χ1v) is 9.92. The Balaban J connectivity index is 2.01. The molecule has 1 N–H and O–H groups in total. The Morgan fingerprint density at radius 2 is 2.22 bits per heavy atom. The van der Waals surface area contributed by atoms with Crippen LogP contribution in [-0.4, -0.2) is 28.6 Å². The highest BCUT2D eigenvalue weighted by Crippen LogP contribution is 2.39. The minimum atomic E-state index is -0.685. The molecule has 5 heteroatoms. The van der Waals surface area contributed by atoms with E-state index in [9.17, 15) is 9.90 Å².